The minimum Gasteiger partial charge on any atom is -0.242 e. The van der Waals surface area contributed by atoms with Crippen LogP contribution in [-0.4, -0.2) is 10.1 Å². The molecule has 4 heteroatoms. The quantitative estimate of drug-likeness (QED) is 0.422. The summed E-state index contributed by atoms with van der Waals surface area (Å²) in [6, 6.07) is 7.56. The molecule has 0 aliphatic rings. The van der Waals surface area contributed by atoms with Crippen LogP contribution in [0.4, 0.5) is 10.1 Å². The molecule has 0 amide bonds. The first-order chi connectivity index (χ1) is 11.7. The third-order valence-corrected chi connectivity index (χ3v) is 3.78. The highest BCUT2D eigenvalue weighted by molar-refractivity contribution is 7.78. The Hall–Kier alpha value is -2.34. The van der Waals surface area contributed by atoms with Crippen LogP contribution >= 0.6 is 12.2 Å². The molecule has 1 aromatic heterocycles. The van der Waals surface area contributed by atoms with Gasteiger partial charge in [0.25, 0.3) is 0 Å². The fourth-order valence-electron chi connectivity index (χ4n) is 2.36. The highest BCUT2D eigenvalue weighted by Gasteiger charge is 2.04. The summed E-state index contributed by atoms with van der Waals surface area (Å²) < 4.78 is 14.0. The Bertz CT molecular complexity index is 827. The molecule has 0 fully saturated rings. The minimum absolute atomic E-state index is 0.107. The Labute approximate surface area is 147 Å². The lowest BCUT2D eigenvalue weighted by atomic mass is 9.99. The van der Waals surface area contributed by atoms with Crippen molar-refractivity contribution in [3.8, 4) is 11.8 Å². The topological polar surface area (TPSA) is 25.2 Å². The van der Waals surface area contributed by atoms with Gasteiger partial charge in [0.2, 0.25) is 0 Å². The van der Waals surface area contributed by atoms with Crippen molar-refractivity contribution in [3.63, 3.8) is 0 Å². The van der Waals surface area contributed by atoms with Crippen LogP contribution in [0.3, 0.4) is 0 Å². The van der Waals surface area contributed by atoms with E-state index in [2.05, 4.69) is 65.2 Å². The van der Waals surface area contributed by atoms with Crippen molar-refractivity contribution in [2.45, 2.75) is 39.5 Å². The van der Waals surface area contributed by atoms with Gasteiger partial charge in [0.15, 0.2) is 5.82 Å². The lowest BCUT2D eigenvalue weighted by Crippen LogP contribution is -1.93. The molecule has 0 aliphatic carbocycles. The van der Waals surface area contributed by atoms with Crippen LogP contribution in [0.25, 0.3) is 0 Å². The van der Waals surface area contributed by atoms with E-state index in [9.17, 15) is 4.39 Å². The van der Waals surface area contributed by atoms with Crippen molar-refractivity contribution >= 4 is 23.1 Å². The maximum Gasteiger partial charge on any atom is 0.159 e. The number of benzene rings is 1. The molecular formula is C20H19FN2S. The highest BCUT2D eigenvalue weighted by Crippen LogP contribution is 2.16. The Morgan fingerprint density at radius 2 is 2.04 bits per heavy atom. The number of isothiocyanates is 1. The molecule has 2 rings (SSSR count). The summed E-state index contributed by atoms with van der Waals surface area (Å²) in [6.45, 7) is 4.28. The van der Waals surface area contributed by atoms with Gasteiger partial charge in [-0.3, -0.25) is 0 Å². The largest absolute Gasteiger partial charge is 0.242 e. The van der Waals surface area contributed by atoms with Crippen molar-refractivity contribution in [2.24, 2.45) is 4.99 Å². The van der Waals surface area contributed by atoms with E-state index in [-0.39, 0.29) is 5.69 Å². The third kappa shape index (κ3) is 4.83. The monoisotopic (exact) mass is 338 g/mol. The number of aromatic nitrogens is 1. The number of halogens is 1. The van der Waals surface area contributed by atoms with Gasteiger partial charge in [0.05, 0.1) is 17.0 Å². The van der Waals surface area contributed by atoms with E-state index in [1.165, 1.54) is 36.2 Å². The van der Waals surface area contributed by atoms with Crippen LogP contribution in [0.1, 0.15) is 49.1 Å². The standard InChI is InChI=1S/C20H19FN2S/c1-3-5-6-15-7-8-17(16(4-2)11-15)9-10-20-19(21)12-18(13-22-20)23-14-24/h7-8,11-13H,3-6H2,1-2H3. The van der Waals surface area contributed by atoms with E-state index in [0.717, 1.165) is 18.4 Å². The number of nitrogens with zero attached hydrogens (tertiary/aromatic N) is 2. The molecule has 0 saturated heterocycles. The molecule has 0 N–H and O–H groups in total. The average molecular weight is 338 g/mol. The summed E-state index contributed by atoms with van der Waals surface area (Å²) in [4.78, 5) is 7.70. The lowest BCUT2D eigenvalue weighted by molar-refractivity contribution is 0.617. The van der Waals surface area contributed by atoms with Crippen LogP contribution in [0.15, 0.2) is 35.5 Å². The van der Waals surface area contributed by atoms with Gasteiger partial charge in [-0.1, -0.05) is 38.3 Å². The Morgan fingerprint density at radius 1 is 1.21 bits per heavy atom. The molecule has 0 spiro atoms. The first-order valence-electron chi connectivity index (χ1n) is 8.05. The molecule has 0 radical (unpaired) electrons. The number of rotatable bonds is 5. The molecule has 0 aliphatic heterocycles. The number of unbranched alkanes of at least 4 members (excludes halogenated alkanes) is 1. The van der Waals surface area contributed by atoms with E-state index in [1.54, 1.807) is 0 Å². The van der Waals surface area contributed by atoms with E-state index < -0.39 is 5.82 Å². The molecule has 0 atom stereocenters. The van der Waals surface area contributed by atoms with E-state index in [0.29, 0.717) is 5.69 Å². The van der Waals surface area contributed by atoms with Gasteiger partial charge >= 0.3 is 0 Å². The highest BCUT2D eigenvalue weighted by atomic mass is 32.1. The number of aliphatic imine (C=N–C) groups is 1. The Morgan fingerprint density at radius 3 is 2.71 bits per heavy atom. The number of pyridine rings is 1. The third-order valence-electron chi connectivity index (χ3n) is 3.69. The maximum atomic E-state index is 14.0. The number of hydrogen-bond donors (Lipinski definition) is 0. The van der Waals surface area contributed by atoms with Crippen molar-refractivity contribution in [1.82, 2.24) is 4.98 Å². The molecule has 0 bridgehead atoms. The Kier molecular flexibility index (Phi) is 6.81. The molecule has 2 nitrogen and oxygen atoms in total. The first kappa shape index (κ1) is 18.0. The summed E-state index contributed by atoms with van der Waals surface area (Å²) >= 11 is 4.49. The fourth-order valence-corrected chi connectivity index (χ4v) is 2.46. The minimum atomic E-state index is -0.508. The second-order valence-corrected chi connectivity index (χ2v) is 5.61. The number of aryl methyl sites for hydroxylation is 2. The van der Waals surface area contributed by atoms with Gasteiger partial charge in [-0.2, -0.15) is 4.99 Å². The van der Waals surface area contributed by atoms with E-state index in [1.807, 2.05) is 6.07 Å². The summed E-state index contributed by atoms with van der Waals surface area (Å²) in [6.07, 6.45) is 5.76. The van der Waals surface area contributed by atoms with Crippen molar-refractivity contribution < 1.29 is 4.39 Å². The van der Waals surface area contributed by atoms with Crippen molar-refractivity contribution in [2.75, 3.05) is 0 Å². The Balaban J connectivity index is 2.28. The van der Waals surface area contributed by atoms with E-state index in [4.69, 9.17) is 0 Å². The van der Waals surface area contributed by atoms with E-state index >= 15 is 0 Å². The second-order valence-electron chi connectivity index (χ2n) is 5.43. The van der Waals surface area contributed by atoms with Crippen LogP contribution in [0, 0.1) is 17.7 Å². The molecular weight excluding hydrogens is 319 g/mol. The van der Waals surface area contributed by atoms with Crippen molar-refractivity contribution in [1.29, 1.82) is 0 Å². The van der Waals surface area contributed by atoms with Gasteiger partial charge in [-0.25, -0.2) is 9.37 Å². The molecule has 0 saturated carbocycles. The molecule has 0 unspecified atom stereocenters. The van der Waals surface area contributed by atoms with Crippen LogP contribution in [0.2, 0.25) is 0 Å². The van der Waals surface area contributed by atoms with Gasteiger partial charge in [-0.05, 0) is 54.6 Å². The predicted molar refractivity (Wildman–Crippen MR) is 99.3 cm³/mol. The average Bonchev–Trinajstić information content (AvgIpc) is 2.60. The molecule has 122 valence electrons. The zero-order valence-corrected chi connectivity index (χ0v) is 14.7. The number of hydrogen-bond acceptors (Lipinski definition) is 3. The van der Waals surface area contributed by atoms with Gasteiger partial charge in [0.1, 0.15) is 5.69 Å². The second kappa shape index (κ2) is 9.08. The molecule has 1 heterocycles. The summed E-state index contributed by atoms with van der Waals surface area (Å²) in [5.74, 6) is 5.34. The first-order valence-corrected chi connectivity index (χ1v) is 8.46. The lowest BCUT2D eigenvalue weighted by Gasteiger charge is -2.06. The van der Waals surface area contributed by atoms with Crippen molar-refractivity contribution in [3.05, 3.63) is 58.7 Å². The zero-order valence-electron chi connectivity index (χ0n) is 13.9. The van der Waals surface area contributed by atoms with Crippen LogP contribution in [-0.2, 0) is 12.8 Å². The zero-order chi connectivity index (χ0) is 17.4. The summed E-state index contributed by atoms with van der Waals surface area (Å²) in [7, 11) is 0. The van der Waals surface area contributed by atoms with Crippen LogP contribution in [0.5, 0.6) is 0 Å². The molecule has 2 aromatic rings. The van der Waals surface area contributed by atoms with Crippen LogP contribution < -0.4 is 0 Å². The van der Waals surface area contributed by atoms with Gasteiger partial charge in [0, 0.05) is 11.6 Å². The predicted octanol–water partition coefficient (Wildman–Crippen LogP) is 5.26. The summed E-state index contributed by atoms with van der Waals surface area (Å²) in [5, 5.41) is 2.19. The normalized spacial score (nSPS) is 9.79. The van der Waals surface area contributed by atoms with Gasteiger partial charge < -0.3 is 0 Å². The fraction of sp³-hybridized carbons (Fsp3) is 0.300. The SMILES string of the molecule is CCCCc1ccc(C#Cc2ncc(N=C=S)cc2F)c(CC)c1. The molecule has 1 aromatic carbocycles. The molecule has 24 heavy (non-hydrogen) atoms. The van der Waals surface area contributed by atoms with Gasteiger partial charge in [-0.15, -0.1) is 0 Å². The summed E-state index contributed by atoms with van der Waals surface area (Å²) in [5.41, 5.74) is 3.86. The number of thiocarbonyl (C=S) groups is 1. The maximum absolute atomic E-state index is 14.0. The smallest absolute Gasteiger partial charge is 0.159 e.